The number of rotatable bonds is 49. The normalized spacial score (nSPS) is 13.2. The van der Waals surface area contributed by atoms with Crippen molar-refractivity contribution in [2.24, 2.45) is 0 Å². The van der Waals surface area contributed by atoms with Crippen LogP contribution in [0.4, 0.5) is 0 Å². The van der Waals surface area contributed by atoms with Crippen LogP contribution in [0.2, 0.25) is 0 Å². The summed E-state index contributed by atoms with van der Waals surface area (Å²) in [5.41, 5.74) is 0. The first-order chi connectivity index (χ1) is 33.1. The van der Waals surface area contributed by atoms with Crippen molar-refractivity contribution in [1.29, 1.82) is 0 Å². The van der Waals surface area contributed by atoms with Crippen molar-refractivity contribution in [2.45, 2.75) is 245 Å². The summed E-state index contributed by atoms with van der Waals surface area (Å²) in [6.45, 7) is 3.99. The van der Waals surface area contributed by atoms with Gasteiger partial charge in [-0.1, -0.05) is 238 Å². The number of aliphatic hydroxyl groups excluding tert-OH is 1. The molecule has 5 heteroatoms. The van der Waals surface area contributed by atoms with Gasteiger partial charge in [-0.05, 0) is 109 Å². The zero-order valence-electron chi connectivity index (χ0n) is 43.4. The highest BCUT2D eigenvalue weighted by molar-refractivity contribution is 5.70. The lowest BCUT2D eigenvalue weighted by molar-refractivity contribution is -0.161. The van der Waals surface area contributed by atoms with Crippen LogP contribution in [0.25, 0.3) is 0 Å². The maximum absolute atomic E-state index is 12.3. The molecule has 0 aromatic carbocycles. The SMILES string of the molecule is CC/C=C\C/C=C\C/C=C\C/C=C\C/C=C\C/C=C\C/C=C\C/C=C\C/C=C\CCCCCCCCCCCCCCCC(=O)OC(CO)COC(=O)CCCCCCC/C=C\CCCCC. The van der Waals surface area contributed by atoms with Gasteiger partial charge in [-0.15, -0.1) is 0 Å². The summed E-state index contributed by atoms with van der Waals surface area (Å²) in [5.74, 6) is -0.606. The Morgan fingerprint density at radius 2 is 0.642 bits per heavy atom. The summed E-state index contributed by atoms with van der Waals surface area (Å²) in [5, 5.41) is 9.61. The summed E-state index contributed by atoms with van der Waals surface area (Å²) in [4.78, 5) is 24.4. The monoisotopic (exact) mass is 927 g/mol. The molecule has 0 aliphatic rings. The molecule has 1 unspecified atom stereocenters. The Labute approximate surface area is 413 Å². The smallest absolute Gasteiger partial charge is 0.306 e. The molecule has 0 aliphatic heterocycles. The standard InChI is InChI=1S/C62H102O5/c1-3-5-7-9-11-13-15-17-18-19-20-21-22-23-24-25-26-27-28-29-30-31-32-33-34-35-36-37-38-39-40-41-42-43-44-45-47-49-51-53-55-57-62(65)67-60(58-63)59-66-61(64)56-54-52-50-48-46-16-14-12-10-8-6-4-2/h5,7,11-14,17-18,20-21,23-24,26-27,29-30,32-33,35-36,60,63H,3-4,6,8-10,15-16,19,22,25,28,31,34,37-59H2,1-2H3/b7-5-,13-11-,14-12-,18-17-,21-20-,24-23-,27-26-,30-29-,33-32-,36-35-. The third-order valence-electron chi connectivity index (χ3n) is 11.5. The Balaban J connectivity index is 3.54. The quantitative estimate of drug-likeness (QED) is 0.0374. The van der Waals surface area contributed by atoms with Gasteiger partial charge >= 0.3 is 11.9 Å². The average Bonchev–Trinajstić information content (AvgIpc) is 3.33. The molecule has 0 saturated carbocycles. The van der Waals surface area contributed by atoms with Crippen LogP contribution < -0.4 is 0 Å². The van der Waals surface area contributed by atoms with Crippen LogP contribution in [0.15, 0.2) is 122 Å². The number of aliphatic hydroxyl groups is 1. The van der Waals surface area contributed by atoms with Crippen molar-refractivity contribution in [3.63, 3.8) is 0 Å². The zero-order valence-corrected chi connectivity index (χ0v) is 43.4. The molecule has 0 amide bonds. The predicted octanol–water partition coefficient (Wildman–Crippen LogP) is 18.7. The van der Waals surface area contributed by atoms with Crippen molar-refractivity contribution in [2.75, 3.05) is 13.2 Å². The van der Waals surface area contributed by atoms with E-state index in [1.807, 2.05) is 0 Å². The van der Waals surface area contributed by atoms with E-state index < -0.39 is 6.10 Å². The Kier molecular flexibility index (Phi) is 53.5. The second-order valence-corrected chi connectivity index (χ2v) is 17.9. The molecule has 0 fully saturated rings. The molecule has 0 heterocycles. The molecule has 0 bridgehead atoms. The van der Waals surface area contributed by atoms with E-state index >= 15 is 0 Å². The molecule has 0 spiro atoms. The molecule has 380 valence electrons. The average molecular weight is 927 g/mol. The van der Waals surface area contributed by atoms with Crippen molar-refractivity contribution in [3.05, 3.63) is 122 Å². The summed E-state index contributed by atoms with van der Waals surface area (Å²) in [7, 11) is 0. The molecule has 0 aromatic rings. The van der Waals surface area contributed by atoms with E-state index in [1.165, 1.54) is 109 Å². The number of esters is 2. The van der Waals surface area contributed by atoms with Gasteiger partial charge in [0.2, 0.25) is 0 Å². The van der Waals surface area contributed by atoms with Crippen LogP contribution in [0, 0.1) is 0 Å². The summed E-state index contributed by atoms with van der Waals surface area (Å²) in [6, 6.07) is 0. The Bertz CT molecular complexity index is 1370. The lowest BCUT2D eigenvalue weighted by atomic mass is 10.0. The molecule has 1 N–H and O–H groups in total. The van der Waals surface area contributed by atoms with Crippen LogP contribution >= 0.6 is 0 Å². The maximum Gasteiger partial charge on any atom is 0.306 e. The highest BCUT2D eigenvalue weighted by Gasteiger charge is 2.16. The first kappa shape index (κ1) is 63.3. The lowest BCUT2D eigenvalue weighted by Gasteiger charge is -2.15. The minimum Gasteiger partial charge on any atom is -0.462 e. The molecule has 1 atom stereocenters. The number of allylic oxidation sites excluding steroid dienone is 20. The zero-order chi connectivity index (χ0) is 48.5. The Hall–Kier alpha value is -3.70. The number of unbranched alkanes of at least 4 members (excludes halogenated alkanes) is 21. The van der Waals surface area contributed by atoms with E-state index in [0.717, 1.165) is 103 Å². The van der Waals surface area contributed by atoms with Gasteiger partial charge in [0.05, 0.1) is 6.61 Å². The molecular weight excluding hydrogens is 825 g/mol. The molecular formula is C62H102O5. The van der Waals surface area contributed by atoms with Crippen molar-refractivity contribution >= 4 is 11.9 Å². The minimum atomic E-state index is -0.781. The number of carbonyl (C=O) groups excluding carboxylic acids is 2. The third kappa shape index (κ3) is 54.8. The molecule has 0 aliphatic carbocycles. The van der Waals surface area contributed by atoms with Crippen LogP contribution in [0.1, 0.15) is 239 Å². The molecule has 5 nitrogen and oxygen atoms in total. The van der Waals surface area contributed by atoms with Crippen molar-refractivity contribution in [3.8, 4) is 0 Å². The fraction of sp³-hybridized carbons (Fsp3) is 0.645. The van der Waals surface area contributed by atoms with Crippen molar-refractivity contribution in [1.82, 2.24) is 0 Å². The molecule has 0 radical (unpaired) electrons. The molecule has 67 heavy (non-hydrogen) atoms. The van der Waals surface area contributed by atoms with E-state index in [2.05, 4.69) is 135 Å². The third-order valence-corrected chi connectivity index (χ3v) is 11.5. The molecule has 0 aromatic heterocycles. The highest BCUT2D eigenvalue weighted by atomic mass is 16.6. The first-order valence-corrected chi connectivity index (χ1v) is 27.6. The fourth-order valence-electron chi connectivity index (χ4n) is 7.37. The van der Waals surface area contributed by atoms with Gasteiger partial charge in [-0.3, -0.25) is 9.59 Å². The van der Waals surface area contributed by atoms with Crippen LogP contribution in [0.5, 0.6) is 0 Å². The van der Waals surface area contributed by atoms with Gasteiger partial charge in [0.25, 0.3) is 0 Å². The Morgan fingerprint density at radius 3 is 0.985 bits per heavy atom. The summed E-state index contributed by atoms with van der Waals surface area (Å²) in [6.07, 6.45) is 83.2. The van der Waals surface area contributed by atoms with E-state index in [1.54, 1.807) is 0 Å². The second kappa shape index (κ2) is 56.6. The lowest BCUT2D eigenvalue weighted by Crippen LogP contribution is -2.28. The van der Waals surface area contributed by atoms with E-state index in [-0.39, 0.29) is 25.2 Å². The largest absolute Gasteiger partial charge is 0.462 e. The van der Waals surface area contributed by atoms with Gasteiger partial charge in [-0.25, -0.2) is 0 Å². The molecule has 0 saturated heterocycles. The minimum absolute atomic E-state index is 0.0743. The van der Waals surface area contributed by atoms with E-state index in [9.17, 15) is 14.7 Å². The van der Waals surface area contributed by atoms with E-state index in [0.29, 0.717) is 12.8 Å². The first-order valence-electron chi connectivity index (χ1n) is 27.6. The number of hydrogen-bond acceptors (Lipinski definition) is 5. The molecule has 0 rings (SSSR count). The number of hydrogen-bond donors (Lipinski definition) is 1. The van der Waals surface area contributed by atoms with Crippen LogP contribution in [-0.4, -0.2) is 36.4 Å². The number of carbonyl (C=O) groups is 2. The Morgan fingerprint density at radius 1 is 0.358 bits per heavy atom. The summed E-state index contributed by atoms with van der Waals surface area (Å²) >= 11 is 0. The van der Waals surface area contributed by atoms with Crippen molar-refractivity contribution < 1.29 is 24.2 Å². The van der Waals surface area contributed by atoms with Gasteiger partial charge in [-0.2, -0.15) is 0 Å². The topological polar surface area (TPSA) is 72.8 Å². The maximum atomic E-state index is 12.3. The van der Waals surface area contributed by atoms with Crippen LogP contribution in [-0.2, 0) is 19.1 Å². The van der Waals surface area contributed by atoms with Crippen LogP contribution in [0.3, 0.4) is 0 Å². The second-order valence-electron chi connectivity index (χ2n) is 17.9. The fourth-order valence-corrected chi connectivity index (χ4v) is 7.37. The highest BCUT2D eigenvalue weighted by Crippen LogP contribution is 2.15. The van der Waals surface area contributed by atoms with Gasteiger partial charge < -0.3 is 14.6 Å². The van der Waals surface area contributed by atoms with Gasteiger partial charge in [0, 0.05) is 12.8 Å². The van der Waals surface area contributed by atoms with E-state index in [4.69, 9.17) is 9.47 Å². The van der Waals surface area contributed by atoms with Gasteiger partial charge in [0.1, 0.15) is 6.61 Å². The number of ether oxygens (including phenoxy) is 2. The predicted molar refractivity (Wildman–Crippen MR) is 292 cm³/mol. The summed E-state index contributed by atoms with van der Waals surface area (Å²) < 4.78 is 10.6. The van der Waals surface area contributed by atoms with Gasteiger partial charge in [0.15, 0.2) is 6.10 Å².